The molecule has 0 bridgehead atoms. The Morgan fingerprint density at radius 3 is 1.18 bits per heavy atom. The van der Waals surface area contributed by atoms with Gasteiger partial charge in [-0.3, -0.25) is 9.59 Å². The van der Waals surface area contributed by atoms with E-state index in [9.17, 15) is 14.7 Å². The number of nitrogens with one attached hydrogen (secondary N) is 2. The van der Waals surface area contributed by atoms with Gasteiger partial charge < -0.3 is 20.6 Å². The molecule has 0 fully saturated rings. The molecular weight excluding hydrogens is 558 g/mol. The molecule has 3 N–H and O–H groups in total. The van der Waals surface area contributed by atoms with Gasteiger partial charge in [0.15, 0.2) is 0 Å². The molecule has 0 rings (SSSR count). The predicted octanol–water partition coefficient (Wildman–Crippen LogP) is 9.87. The highest BCUT2D eigenvalue weighted by molar-refractivity contribution is 5.76. The number of hydrogen-bond acceptors (Lipinski definition) is 4. The standard InChI is InChI=1S/C39H79N3O3/c1-3-5-7-9-11-13-15-17-19-21-23-27-32-40-38(44)30-26-25-29-34-42(36-37-43)35-31-39(45)41-33-28-24-22-20-18-16-14-12-10-8-6-4-2/h43H,3-37H2,1-2H3,(H,40,44)(H,41,45). The van der Waals surface area contributed by atoms with E-state index in [1.165, 1.54) is 141 Å². The van der Waals surface area contributed by atoms with Gasteiger partial charge in [-0.2, -0.15) is 0 Å². The first-order valence-corrected chi connectivity index (χ1v) is 20.0. The van der Waals surface area contributed by atoms with Crippen molar-refractivity contribution in [2.45, 2.75) is 200 Å². The first-order chi connectivity index (χ1) is 22.1. The van der Waals surface area contributed by atoms with Crippen LogP contribution in [0.25, 0.3) is 0 Å². The maximum atomic E-state index is 12.3. The van der Waals surface area contributed by atoms with Gasteiger partial charge in [0.2, 0.25) is 11.8 Å². The summed E-state index contributed by atoms with van der Waals surface area (Å²) in [5, 5.41) is 15.6. The molecule has 0 spiro atoms. The van der Waals surface area contributed by atoms with E-state index >= 15 is 0 Å². The highest BCUT2D eigenvalue weighted by atomic mass is 16.3. The number of unbranched alkanes of at least 4 members (excludes halogenated alkanes) is 24. The largest absolute Gasteiger partial charge is 0.395 e. The Morgan fingerprint density at radius 2 is 0.778 bits per heavy atom. The number of rotatable bonds is 37. The van der Waals surface area contributed by atoms with Crippen LogP contribution in [0, 0.1) is 0 Å². The Morgan fingerprint density at radius 1 is 0.422 bits per heavy atom. The van der Waals surface area contributed by atoms with Gasteiger partial charge >= 0.3 is 0 Å². The van der Waals surface area contributed by atoms with Crippen molar-refractivity contribution >= 4 is 11.8 Å². The molecule has 0 unspecified atom stereocenters. The minimum absolute atomic E-state index is 0.113. The lowest BCUT2D eigenvalue weighted by Crippen LogP contribution is -2.33. The van der Waals surface area contributed by atoms with Crippen molar-refractivity contribution in [3.8, 4) is 0 Å². The van der Waals surface area contributed by atoms with Crippen molar-refractivity contribution in [1.29, 1.82) is 0 Å². The summed E-state index contributed by atoms with van der Waals surface area (Å²) in [4.78, 5) is 26.6. The van der Waals surface area contributed by atoms with Gasteiger partial charge in [0.05, 0.1) is 6.61 Å². The van der Waals surface area contributed by atoms with Gasteiger partial charge in [0, 0.05) is 39.0 Å². The Bertz CT molecular complexity index is 616. The molecule has 0 radical (unpaired) electrons. The number of aliphatic hydroxyl groups excluding tert-OH is 1. The van der Waals surface area contributed by atoms with Crippen molar-refractivity contribution in [2.75, 3.05) is 39.3 Å². The minimum atomic E-state index is 0.113. The van der Waals surface area contributed by atoms with E-state index in [2.05, 4.69) is 29.4 Å². The van der Waals surface area contributed by atoms with E-state index in [4.69, 9.17) is 0 Å². The monoisotopic (exact) mass is 638 g/mol. The summed E-state index contributed by atoms with van der Waals surface area (Å²) in [6.45, 7) is 8.40. The SMILES string of the molecule is CCCCCCCCCCCCCCNC(=O)CCCCCN(CCO)CCC(=O)NCCCCCCCCCCCCCC. The number of carbonyl (C=O) groups is 2. The molecule has 0 aliphatic rings. The summed E-state index contributed by atoms with van der Waals surface area (Å²) in [5.74, 6) is 0.293. The Balaban J connectivity index is 3.57. The molecule has 0 aromatic carbocycles. The van der Waals surface area contributed by atoms with Crippen molar-refractivity contribution in [3.63, 3.8) is 0 Å². The molecule has 6 nitrogen and oxygen atoms in total. The van der Waals surface area contributed by atoms with Crippen LogP contribution < -0.4 is 10.6 Å². The molecule has 2 amide bonds. The fourth-order valence-corrected chi connectivity index (χ4v) is 6.10. The van der Waals surface area contributed by atoms with Gasteiger partial charge in [-0.1, -0.05) is 162 Å². The van der Waals surface area contributed by atoms with E-state index in [-0.39, 0.29) is 18.4 Å². The second kappa shape index (κ2) is 37.3. The van der Waals surface area contributed by atoms with Gasteiger partial charge in [-0.25, -0.2) is 0 Å². The molecule has 0 aromatic heterocycles. The summed E-state index contributed by atoms with van der Waals surface area (Å²) in [6.07, 6.45) is 35.9. The smallest absolute Gasteiger partial charge is 0.221 e. The average Bonchev–Trinajstić information content (AvgIpc) is 3.04. The number of nitrogens with zero attached hydrogens (tertiary/aromatic N) is 1. The normalized spacial score (nSPS) is 11.4. The number of aliphatic hydroxyl groups is 1. The van der Waals surface area contributed by atoms with Crippen LogP contribution in [0.4, 0.5) is 0 Å². The highest BCUT2D eigenvalue weighted by Gasteiger charge is 2.08. The average molecular weight is 638 g/mol. The van der Waals surface area contributed by atoms with Gasteiger partial charge in [0.1, 0.15) is 0 Å². The molecule has 6 heteroatoms. The van der Waals surface area contributed by atoms with Crippen LogP contribution >= 0.6 is 0 Å². The zero-order chi connectivity index (χ0) is 32.9. The Kier molecular flexibility index (Phi) is 36.4. The third kappa shape index (κ3) is 35.6. The van der Waals surface area contributed by atoms with Crippen LogP contribution in [0.5, 0.6) is 0 Å². The van der Waals surface area contributed by atoms with E-state index in [1.54, 1.807) is 0 Å². The van der Waals surface area contributed by atoms with Crippen molar-refractivity contribution in [3.05, 3.63) is 0 Å². The molecular formula is C39H79N3O3. The zero-order valence-corrected chi connectivity index (χ0v) is 30.5. The van der Waals surface area contributed by atoms with Crippen LogP contribution in [-0.4, -0.2) is 61.2 Å². The van der Waals surface area contributed by atoms with Crippen LogP contribution in [0.15, 0.2) is 0 Å². The van der Waals surface area contributed by atoms with E-state index in [0.717, 1.165) is 51.7 Å². The van der Waals surface area contributed by atoms with Crippen molar-refractivity contribution < 1.29 is 14.7 Å². The maximum Gasteiger partial charge on any atom is 0.221 e. The third-order valence-corrected chi connectivity index (χ3v) is 9.15. The Labute approximate surface area is 281 Å². The first-order valence-electron chi connectivity index (χ1n) is 20.0. The predicted molar refractivity (Wildman–Crippen MR) is 195 cm³/mol. The second-order valence-electron chi connectivity index (χ2n) is 13.6. The van der Waals surface area contributed by atoms with Crippen LogP contribution in [0.1, 0.15) is 200 Å². The molecule has 0 saturated carbocycles. The van der Waals surface area contributed by atoms with Crippen LogP contribution in [0.2, 0.25) is 0 Å². The van der Waals surface area contributed by atoms with Crippen molar-refractivity contribution in [1.82, 2.24) is 15.5 Å². The van der Waals surface area contributed by atoms with Gasteiger partial charge in [-0.05, 0) is 32.2 Å². The molecule has 0 aliphatic heterocycles. The lowest BCUT2D eigenvalue weighted by Gasteiger charge is -2.21. The zero-order valence-electron chi connectivity index (χ0n) is 30.5. The first kappa shape index (κ1) is 43.9. The molecule has 45 heavy (non-hydrogen) atoms. The van der Waals surface area contributed by atoms with E-state index in [1.807, 2.05) is 0 Å². The van der Waals surface area contributed by atoms with Crippen molar-refractivity contribution in [2.24, 2.45) is 0 Å². The number of hydrogen-bond donors (Lipinski definition) is 3. The fraction of sp³-hybridized carbons (Fsp3) is 0.949. The molecule has 0 aliphatic carbocycles. The lowest BCUT2D eigenvalue weighted by atomic mass is 10.1. The van der Waals surface area contributed by atoms with Crippen LogP contribution in [0.3, 0.4) is 0 Å². The minimum Gasteiger partial charge on any atom is -0.395 e. The summed E-state index contributed by atoms with van der Waals surface area (Å²) < 4.78 is 0. The molecule has 0 saturated heterocycles. The summed E-state index contributed by atoms with van der Waals surface area (Å²) in [5.41, 5.74) is 0. The third-order valence-electron chi connectivity index (χ3n) is 9.15. The lowest BCUT2D eigenvalue weighted by molar-refractivity contribution is -0.122. The molecule has 268 valence electrons. The second-order valence-corrected chi connectivity index (χ2v) is 13.6. The van der Waals surface area contributed by atoms with E-state index < -0.39 is 0 Å². The van der Waals surface area contributed by atoms with E-state index in [0.29, 0.717) is 25.9 Å². The van der Waals surface area contributed by atoms with Gasteiger partial charge in [-0.15, -0.1) is 0 Å². The molecule has 0 aromatic rings. The number of carbonyl (C=O) groups excluding carboxylic acids is 2. The molecule has 0 heterocycles. The van der Waals surface area contributed by atoms with Gasteiger partial charge in [0.25, 0.3) is 0 Å². The quantitative estimate of drug-likeness (QED) is 0.0592. The van der Waals surface area contributed by atoms with Crippen LogP contribution in [-0.2, 0) is 9.59 Å². The topological polar surface area (TPSA) is 81.7 Å². The maximum absolute atomic E-state index is 12.3. The Hall–Kier alpha value is -1.14. The summed E-state index contributed by atoms with van der Waals surface area (Å²) >= 11 is 0. The number of amides is 2. The summed E-state index contributed by atoms with van der Waals surface area (Å²) in [6, 6.07) is 0. The summed E-state index contributed by atoms with van der Waals surface area (Å²) in [7, 11) is 0. The fourth-order valence-electron chi connectivity index (χ4n) is 6.10. The highest BCUT2D eigenvalue weighted by Crippen LogP contribution is 2.13. The molecule has 0 atom stereocenters.